The Balaban J connectivity index is 3.31. The zero-order valence-electron chi connectivity index (χ0n) is 17.5. The minimum absolute atomic E-state index is 0.110. The number of rotatable bonds is 18. The average molecular weight is 341 g/mol. The number of nitrogens with two attached hydrogens (primary N) is 1. The lowest BCUT2D eigenvalue weighted by atomic mass is 10.0. The van der Waals surface area contributed by atoms with Gasteiger partial charge < -0.3 is 5.73 Å². The number of hydrogen-bond acceptors (Lipinski definition) is 2. The van der Waals surface area contributed by atoms with E-state index in [1.54, 1.807) is 0 Å². The third kappa shape index (κ3) is 13.2. The van der Waals surface area contributed by atoms with Gasteiger partial charge in [0.1, 0.15) is 0 Å². The van der Waals surface area contributed by atoms with Crippen molar-refractivity contribution in [2.24, 2.45) is 5.73 Å². The van der Waals surface area contributed by atoms with Crippen molar-refractivity contribution in [2.45, 2.75) is 130 Å². The van der Waals surface area contributed by atoms with Gasteiger partial charge in [-0.1, -0.05) is 111 Å². The highest BCUT2D eigenvalue weighted by molar-refractivity contribution is 4.78. The van der Waals surface area contributed by atoms with Crippen molar-refractivity contribution in [1.29, 1.82) is 0 Å². The van der Waals surface area contributed by atoms with Crippen molar-refractivity contribution in [3.63, 3.8) is 0 Å². The van der Waals surface area contributed by atoms with Crippen LogP contribution < -0.4 is 5.73 Å². The topological polar surface area (TPSA) is 29.3 Å². The summed E-state index contributed by atoms with van der Waals surface area (Å²) in [6.45, 7) is 11.0. The van der Waals surface area contributed by atoms with Crippen LogP contribution in [0.2, 0.25) is 0 Å². The Bertz CT molecular complexity index is 246. The Kier molecular flexibility index (Phi) is 16.3. The molecular formula is C22H48N2. The molecule has 0 aromatic rings. The van der Waals surface area contributed by atoms with Crippen LogP contribution in [-0.2, 0) is 0 Å². The lowest BCUT2D eigenvalue weighted by Crippen LogP contribution is -2.53. The molecule has 0 aliphatic carbocycles. The van der Waals surface area contributed by atoms with E-state index in [1.165, 1.54) is 89.9 Å². The molecule has 0 spiro atoms. The molecule has 0 aliphatic heterocycles. The molecule has 1 unspecified atom stereocenters. The van der Waals surface area contributed by atoms with Gasteiger partial charge >= 0.3 is 0 Å². The maximum Gasteiger partial charge on any atom is 0.0657 e. The standard InChI is InChI=1S/C22H48N2/c1-5-8-9-10-11-12-13-14-15-16-17-18-19-20-21-22(4,23)24(6-2)7-3/h5-21,23H2,1-4H3. The van der Waals surface area contributed by atoms with Gasteiger partial charge in [-0.25, -0.2) is 0 Å². The molecule has 0 aliphatic rings. The molecule has 2 heteroatoms. The van der Waals surface area contributed by atoms with Crippen LogP contribution in [0.3, 0.4) is 0 Å². The van der Waals surface area contributed by atoms with Crippen molar-refractivity contribution in [3.8, 4) is 0 Å². The van der Waals surface area contributed by atoms with E-state index >= 15 is 0 Å². The second-order valence-corrected chi connectivity index (χ2v) is 7.88. The molecule has 24 heavy (non-hydrogen) atoms. The first kappa shape index (κ1) is 23.9. The fraction of sp³-hybridized carbons (Fsp3) is 1.00. The van der Waals surface area contributed by atoms with E-state index in [0.29, 0.717) is 0 Å². The van der Waals surface area contributed by atoms with Crippen LogP contribution in [0.15, 0.2) is 0 Å². The van der Waals surface area contributed by atoms with Crippen LogP contribution in [0.5, 0.6) is 0 Å². The zero-order chi connectivity index (χ0) is 18.1. The summed E-state index contributed by atoms with van der Waals surface area (Å²) in [5, 5.41) is 0. The maximum absolute atomic E-state index is 6.46. The lowest BCUT2D eigenvalue weighted by Gasteiger charge is -2.37. The lowest BCUT2D eigenvalue weighted by molar-refractivity contribution is 0.110. The first-order valence-corrected chi connectivity index (χ1v) is 11.1. The third-order valence-corrected chi connectivity index (χ3v) is 5.52. The van der Waals surface area contributed by atoms with Gasteiger partial charge in [-0.05, 0) is 26.4 Å². The zero-order valence-corrected chi connectivity index (χ0v) is 17.5. The van der Waals surface area contributed by atoms with Crippen LogP contribution in [0.4, 0.5) is 0 Å². The van der Waals surface area contributed by atoms with Crippen LogP contribution >= 0.6 is 0 Å². The highest BCUT2D eigenvalue weighted by atomic mass is 15.3. The summed E-state index contributed by atoms with van der Waals surface area (Å²) in [6, 6.07) is 0. The van der Waals surface area contributed by atoms with Crippen LogP contribution in [-0.4, -0.2) is 23.7 Å². The van der Waals surface area contributed by atoms with Crippen LogP contribution in [0.25, 0.3) is 0 Å². The van der Waals surface area contributed by atoms with Gasteiger partial charge in [-0.2, -0.15) is 0 Å². The Morgan fingerprint density at radius 2 is 0.917 bits per heavy atom. The van der Waals surface area contributed by atoms with Gasteiger partial charge in [0, 0.05) is 0 Å². The summed E-state index contributed by atoms with van der Waals surface area (Å²) in [5.41, 5.74) is 6.34. The fourth-order valence-electron chi connectivity index (χ4n) is 3.78. The van der Waals surface area contributed by atoms with Crippen LogP contribution in [0.1, 0.15) is 124 Å². The summed E-state index contributed by atoms with van der Waals surface area (Å²) in [4.78, 5) is 2.38. The van der Waals surface area contributed by atoms with Crippen molar-refractivity contribution < 1.29 is 0 Å². The summed E-state index contributed by atoms with van der Waals surface area (Å²) in [6.07, 6.45) is 21.0. The molecule has 0 amide bonds. The van der Waals surface area contributed by atoms with Crippen molar-refractivity contribution >= 4 is 0 Å². The summed E-state index contributed by atoms with van der Waals surface area (Å²) in [7, 11) is 0. The van der Waals surface area contributed by atoms with E-state index in [0.717, 1.165) is 19.5 Å². The van der Waals surface area contributed by atoms with Gasteiger partial charge in [0.15, 0.2) is 0 Å². The third-order valence-electron chi connectivity index (χ3n) is 5.52. The van der Waals surface area contributed by atoms with E-state index in [2.05, 4.69) is 32.6 Å². The van der Waals surface area contributed by atoms with E-state index in [1.807, 2.05) is 0 Å². The molecule has 0 saturated carbocycles. The number of unbranched alkanes of at least 4 members (excludes halogenated alkanes) is 13. The summed E-state index contributed by atoms with van der Waals surface area (Å²) >= 11 is 0. The molecular weight excluding hydrogens is 292 g/mol. The second-order valence-electron chi connectivity index (χ2n) is 7.88. The second kappa shape index (κ2) is 16.4. The molecule has 1 atom stereocenters. The fourth-order valence-corrected chi connectivity index (χ4v) is 3.78. The van der Waals surface area contributed by atoms with Gasteiger partial charge in [0.05, 0.1) is 5.66 Å². The molecule has 0 rings (SSSR count). The van der Waals surface area contributed by atoms with E-state index < -0.39 is 0 Å². The Morgan fingerprint density at radius 1 is 0.583 bits per heavy atom. The Morgan fingerprint density at radius 3 is 1.25 bits per heavy atom. The SMILES string of the molecule is CCCCCCCCCCCCCCCCC(C)(N)N(CC)CC. The minimum Gasteiger partial charge on any atom is -0.313 e. The number of hydrogen-bond donors (Lipinski definition) is 1. The van der Waals surface area contributed by atoms with E-state index in [-0.39, 0.29) is 5.66 Å². The normalized spacial score (nSPS) is 14.2. The van der Waals surface area contributed by atoms with Gasteiger partial charge in [-0.15, -0.1) is 0 Å². The average Bonchev–Trinajstić information content (AvgIpc) is 2.56. The predicted molar refractivity (Wildman–Crippen MR) is 110 cm³/mol. The molecule has 0 fully saturated rings. The molecule has 0 bridgehead atoms. The first-order chi connectivity index (χ1) is 11.6. The van der Waals surface area contributed by atoms with Crippen molar-refractivity contribution in [3.05, 3.63) is 0 Å². The van der Waals surface area contributed by atoms with Gasteiger partial charge in [-0.3, -0.25) is 4.90 Å². The highest BCUT2D eigenvalue weighted by Crippen LogP contribution is 2.18. The Labute approximate surface area is 154 Å². The molecule has 0 saturated heterocycles. The molecule has 2 nitrogen and oxygen atoms in total. The highest BCUT2D eigenvalue weighted by Gasteiger charge is 2.23. The maximum atomic E-state index is 6.46. The smallest absolute Gasteiger partial charge is 0.0657 e. The first-order valence-electron chi connectivity index (χ1n) is 11.1. The summed E-state index contributed by atoms with van der Waals surface area (Å²) < 4.78 is 0. The largest absolute Gasteiger partial charge is 0.313 e. The summed E-state index contributed by atoms with van der Waals surface area (Å²) in [5.74, 6) is 0. The molecule has 2 N–H and O–H groups in total. The molecule has 146 valence electrons. The molecule has 0 aromatic heterocycles. The quantitative estimate of drug-likeness (QED) is 0.218. The Hall–Kier alpha value is -0.0800. The molecule has 0 radical (unpaired) electrons. The molecule has 0 heterocycles. The minimum atomic E-state index is -0.110. The van der Waals surface area contributed by atoms with Crippen LogP contribution in [0, 0.1) is 0 Å². The monoisotopic (exact) mass is 340 g/mol. The predicted octanol–water partition coefficient (Wildman–Crippen LogP) is 6.87. The van der Waals surface area contributed by atoms with E-state index in [9.17, 15) is 0 Å². The van der Waals surface area contributed by atoms with Gasteiger partial charge in [0.2, 0.25) is 0 Å². The number of nitrogens with zero attached hydrogens (tertiary/aromatic N) is 1. The van der Waals surface area contributed by atoms with Crippen molar-refractivity contribution in [1.82, 2.24) is 4.90 Å². The molecule has 0 aromatic carbocycles. The van der Waals surface area contributed by atoms with Crippen molar-refractivity contribution in [2.75, 3.05) is 13.1 Å². The van der Waals surface area contributed by atoms with Gasteiger partial charge in [0.25, 0.3) is 0 Å². The van der Waals surface area contributed by atoms with E-state index in [4.69, 9.17) is 5.73 Å².